The second kappa shape index (κ2) is 8.24. The molecule has 0 bridgehead atoms. The zero-order valence-corrected chi connectivity index (χ0v) is 14.4. The van der Waals surface area contributed by atoms with Gasteiger partial charge in [0.05, 0.1) is 25.6 Å². The maximum atomic E-state index is 10.8. The number of carbonyl (C=O) groups is 1. The number of aromatic nitrogens is 2. The third-order valence-corrected chi connectivity index (χ3v) is 4.29. The van der Waals surface area contributed by atoms with Crippen LogP contribution in [0.1, 0.15) is 5.56 Å². The smallest absolute Gasteiger partial charge is 0.317 e. The Morgan fingerprint density at radius 1 is 1.40 bits per heavy atom. The highest BCUT2D eigenvalue weighted by Gasteiger charge is 2.22. The van der Waals surface area contributed by atoms with Gasteiger partial charge in [-0.1, -0.05) is 12.1 Å². The number of ether oxygens (including phenoxy) is 1. The number of benzene rings is 1. The van der Waals surface area contributed by atoms with Gasteiger partial charge in [0, 0.05) is 44.3 Å². The largest absolute Gasteiger partial charge is 0.480 e. The Labute approximate surface area is 147 Å². The topological polar surface area (TPSA) is 70.8 Å². The number of nitrogens with zero attached hydrogens (tertiary/aromatic N) is 4. The lowest BCUT2D eigenvalue weighted by atomic mass is 10.1. The average Bonchev–Trinajstić information content (AvgIpc) is 3.09. The van der Waals surface area contributed by atoms with E-state index in [1.54, 1.807) is 17.4 Å². The summed E-state index contributed by atoms with van der Waals surface area (Å²) in [5, 5.41) is 8.85. The second-order valence-corrected chi connectivity index (χ2v) is 6.45. The first kappa shape index (κ1) is 17.6. The Bertz CT molecular complexity index is 672. The summed E-state index contributed by atoms with van der Waals surface area (Å²) in [5.41, 5.74) is 2.35. The van der Waals surface area contributed by atoms with Gasteiger partial charge in [0.15, 0.2) is 0 Å². The minimum absolute atomic E-state index is 0.0373. The van der Waals surface area contributed by atoms with E-state index in [0.717, 1.165) is 25.3 Å². The Kier molecular flexibility index (Phi) is 5.80. The molecule has 0 saturated carbocycles. The van der Waals surface area contributed by atoms with Crippen LogP contribution in [0.2, 0.25) is 0 Å². The van der Waals surface area contributed by atoms with Crippen LogP contribution in [0.25, 0.3) is 5.69 Å². The summed E-state index contributed by atoms with van der Waals surface area (Å²) in [4.78, 5) is 19.0. The summed E-state index contributed by atoms with van der Waals surface area (Å²) in [6.45, 7) is 3.92. The molecule has 2 heterocycles. The molecule has 1 aromatic heterocycles. The van der Waals surface area contributed by atoms with Crippen molar-refractivity contribution in [1.29, 1.82) is 0 Å². The number of imidazole rings is 1. The fraction of sp³-hybridized carbons (Fsp3) is 0.444. The van der Waals surface area contributed by atoms with Gasteiger partial charge in [-0.2, -0.15) is 0 Å². The van der Waals surface area contributed by atoms with Gasteiger partial charge in [0.1, 0.15) is 0 Å². The maximum Gasteiger partial charge on any atom is 0.317 e. The number of hydrogen-bond donors (Lipinski definition) is 1. The van der Waals surface area contributed by atoms with Crippen molar-refractivity contribution in [3.63, 3.8) is 0 Å². The molecule has 0 amide bonds. The molecule has 1 aromatic carbocycles. The van der Waals surface area contributed by atoms with Crippen LogP contribution in [0.4, 0.5) is 0 Å². The Balaban J connectivity index is 1.53. The molecule has 1 N–H and O–H groups in total. The molecule has 7 nitrogen and oxygen atoms in total. The lowest BCUT2D eigenvalue weighted by molar-refractivity contribution is -0.138. The molecule has 2 aromatic rings. The van der Waals surface area contributed by atoms with Crippen LogP contribution in [0.15, 0.2) is 43.0 Å². The monoisotopic (exact) mass is 344 g/mol. The van der Waals surface area contributed by atoms with Crippen molar-refractivity contribution in [3.05, 3.63) is 48.5 Å². The molecule has 1 saturated heterocycles. The molecular formula is C18H24N4O3. The summed E-state index contributed by atoms with van der Waals surface area (Å²) < 4.78 is 7.76. The van der Waals surface area contributed by atoms with Gasteiger partial charge in [0.2, 0.25) is 0 Å². The number of carboxylic acids is 1. The van der Waals surface area contributed by atoms with Gasteiger partial charge < -0.3 is 14.4 Å². The van der Waals surface area contributed by atoms with E-state index in [4.69, 9.17) is 9.84 Å². The number of aliphatic carboxylic acids is 1. The molecule has 1 fully saturated rings. The number of morpholine rings is 1. The van der Waals surface area contributed by atoms with Crippen LogP contribution in [0, 0.1) is 0 Å². The van der Waals surface area contributed by atoms with E-state index in [1.807, 2.05) is 17.8 Å². The number of hydrogen-bond acceptors (Lipinski definition) is 5. The maximum absolute atomic E-state index is 10.8. The number of rotatable bonds is 7. The van der Waals surface area contributed by atoms with Gasteiger partial charge in [-0.05, 0) is 24.7 Å². The minimum Gasteiger partial charge on any atom is -0.480 e. The summed E-state index contributed by atoms with van der Waals surface area (Å²) in [5.74, 6) is -0.812. The molecule has 1 aliphatic rings. The average molecular weight is 344 g/mol. The Morgan fingerprint density at radius 2 is 2.20 bits per heavy atom. The van der Waals surface area contributed by atoms with E-state index >= 15 is 0 Å². The van der Waals surface area contributed by atoms with E-state index in [1.165, 1.54) is 5.56 Å². The molecular weight excluding hydrogens is 320 g/mol. The van der Waals surface area contributed by atoms with Gasteiger partial charge >= 0.3 is 5.97 Å². The van der Waals surface area contributed by atoms with Crippen LogP contribution in [-0.2, 0) is 16.1 Å². The highest BCUT2D eigenvalue weighted by molar-refractivity contribution is 5.69. The molecule has 7 heteroatoms. The van der Waals surface area contributed by atoms with Gasteiger partial charge in [-0.15, -0.1) is 0 Å². The third-order valence-electron chi connectivity index (χ3n) is 4.29. The molecule has 1 atom stereocenters. The Morgan fingerprint density at radius 3 is 2.88 bits per heavy atom. The molecule has 1 aliphatic heterocycles. The van der Waals surface area contributed by atoms with Crippen molar-refractivity contribution in [3.8, 4) is 5.69 Å². The molecule has 25 heavy (non-hydrogen) atoms. The lowest BCUT2D eigenvalue weighted by Gasteiger charge is -2.34. The number of carboxylic acid groups (broad SMARTS) is 1. The van der Waals surface area contributed by atoms with E-state index in [-0.39, 0.29) is 12.6 Å². The molecule has 0 radical (unpaired) electrons. The van der Waals surface area contributed by atoms with Crippen LogP contribution in [0.5, 0.6) is 0 Å². The predicted molar refractivity (Wildman–Crippen MR) is 93.7 cm³/mol. The molecule has 3 rings (SSSR count). The van der Waals surface area contributed by atoms with Gasteiger partial charge in [-0.25, -0.2) is 4.98 Å². The summed E-state index contributed by atoms with van der Waals surface area (Å²) in [7, 11) is 1.81. The van der Waals surface area contributed by atoms with Crippen LogP contribution < -0.4 is 0 Å². The normalized spacial score (nSPS) is 18.6. The van der Waals surface area contributed by atoms with E-state index in [2.05, 4.69) is 34.1 Å². The third kappa shape index (κ3) is 5.12. The van der Waals surface area contributed by atoms with Crippen molar-refractivity contribution in [2.45, 2.75) is 12.6 Å². The van der Waals surface area contributed by atoms with Crippen molar-refractivity contribution >= 4 is 5.97 Å². The summed E-state index contributed by atoms with van der Waals surface area (Å²) >= 11 is 0. The fourth-order valence-electron chi connectivity index (χ4n) is 3.12. The van der Waals surface area contributed by atoms with Crippen molar-refractivity contribution in [2.75, 3.05) is 39.8 Å². The molecule has 1 unspecified atom stereocenters. The minimum atomic E-state index is -0.812. The van der Waals surface area contributed by atoms with Crippen molar-refractivity contribution < 1.29 is 14.6 Å². The quantitative estimate of drug-likeness (QED) is 0.811. The van der Waals surface area contributed by atoms with E-state index in [0.29, 0.717) is 13.2 Å². The lowest BCUT2D eigenvalue weighted by Crippen LogP contribution is -2.47. The van der Waals surface area contributed by atoms with Crippen LogP contribution in [0.3, 0.4) is 0 Å². The highest BCUT2D eigenvalue weighted by Crippen LogP contribution is 2.14. The van der Waals surface area contributed by atoms with Crippen LogP contribution in [-0.4, -0.2) is 76.4 Å². The summed E-state index contributed by atoms with van der Waals surface area (Å²) in [6.07, 6.45) is 5.52. The van der Waals surface area contributed by atoms with Crippen molar-refractivity contribution in [1.82, 2.24) is 19.4 Å². The second-order valence-electron chi connectivity index (χ2n) is 6.45. The van der Waals surface area contributed by atoms with Crippen LogP contribution >= 0.6 is 0 Å². The first-order chi connectivity index (χ1) is 12.1. The predicted octanol–water partition coefficient (Wildman–Crippen LogP) is 1.09. The first-order valence-electron chi connectivity index (χ1n) is 8.42. The molecule has 0 aliphatic carbocycles. The molecule has 134 valence electrons. The van der Waals surface area contributed by atoms with Gasteiger partial charge in [0.25, 0.3) is 0 Å². The zero-order chi connectivity index (χ0) is 17.6. The zero-order valence-electron chi connectivity index (χ0n) is 14.4. The van der Waals surface area contributed by atoms with Crippen molar-refractivity contribution in [2.24, 2.45) is 0 Å². The SMILES string of the molecule is CN(CC(=O)O)CC1CN(Cc2ccc(-n3ccnc3)cc2)CCO1. The first-order valence-corrected chi connectivity index (χ1v) is 8.42. The summed E-state index contributed by atoms with van der Waals surface area (Å²) in [6, 6.07) is 8.46. The van der Waals surface area contributed by atoms with Gasteiger partial charge in [-0.3, -0.25) is 14.6 Å². The fourth-order valence-corrected chi connectivity index (χ4v) is 3.12. The standard InChI is InChI=1S/C18H24N4O3/c1-20(13-18(23)24)11-17-12-21(8-9-25-17)10-15-2-4-16(5-3-15)22-7-6-19-14-22/h2-7,14,17H,8-13H2,1H3,(H,23,24). The molecule has 0 spiro atoms. The van der Waals surface area contributed by atoms with E-state index in [9.17, 15) is 4.79 Å². The van der Waals surface area contributed by atoms with E-state index < -0.39 is 5.97 Å². The number of likely N-dealkylation sites (N-methyl/N-ethyl adjacent to an activating group) is 1. The Hall–Kier alpha value is -2.22. The highest BCUT2D eigenvalue weighted by atomic mass is 16.5.